The fraction of sp³-hybridized carbons (Fsp3) is 0.0690. The summed E-state index contributed by atoms with van der Waals surface area (Å²) in [5, 5.41) is 5.88. The molecule has 0 fully saturated rings. The minimum absolute atomic E-state index is 0.0160. The first-order valence-corrected chi connectivity index (χ1v) is 12.5. The van der Waals surface area contributed by atoms with E-state index in [-0.39, 0.29) is 23.1 Å². The highest BCUT2D eigenvalue weighted by molar-refractivity contribution is 8.04. The Hall–Kier alpha value is -4.63. The molecule has 1 aromatic heterocycles. The number of carbonyl (C=O) groups is 3. The van der Waals surface area contributed by atoms with Crippen molar-refractivity contribution in [2.24, 2.45) is 0 Å². The number of aryl methyl sites for hydroxylation is 1. The molecule has 5 rings (SSSR count). The highest BCUT2D eigenvalue weighted by atomic mass is 32.2. The lowest BCUT2D eigenvalue weighted by atomic mass is 10.2. The number of rotatable bonds is 8. The van der Waals surface area contributed by atoms with E-state index in [1.165, 1.54) is 30.5 Å². The van der Waals surface area contributed by atoms with Crippen molar-refractivity contribution in [3.05, 3.63) is 124 Å². The first-order chi connectivity index (χ1) is 18.4. The Bertz CT molecular complexity index is 1510. The molecule has 0 unspecified atom stereocenters. The zero-order chi connectivity index (χ0) is 26.6. The van der Waals surface area contributed by atoms with Gasteiger partial charge >= 0.3 is 0 Å². The van der Waals surface area contributed by atoms with Gasteiger partial charge in [-0.15, -0.1) is 0 Å². The summed E-state index contributed by atoms with van der Waals surface area (Å²) < 4.78 is 18.5. The maximum Gasteiger partial charge on any atom is 0.278 e. The van der Waals surface area contributed by atoms with Crippen LogP contribution in [-0.2, 0) is 16.1 Å². The van der Waals surface area contributed by atoms with Crippen LogP contribution >= 0.6 is 11.8 Å². The number of benzene rings is 3. The molecule has 7 nitrogen and oxygen atoms in total. The number of anilines is 2. The molecule has 38 heavy (non-hydrogen) atoms. The monoisotopic (exact) mass is 527 g/mol. The van der Waals surface area contributed by atoms with Crippen LogP contribution in [-0.4, -0.2) is 22.6 Å². The van der Waals surface area contributed by atoms with Gasteiger partial charge in [-0.25, -0.2) is 4.39 Å². The molecule has 3 aromatic carbocycles. The van der Waals surface area contributed by atoms with Crippen molar-refractivity contribution in [3.63, 3.8) is 0 Å². The lowest BCUT2D eigenvalue weighted by Crippen LogP contribution is -2.31. The van der Waals surface area contributed by atoms with Crippen LogP contribution in [0.5, 0.6) is 0 Å². The van der Waals surface area contributed by atoms with Crippen LogP contribution < -0.4 is 10.6 Å². The molecule has 0 spiro atoms. The Balaban J connectivity index is 1.36. The van der Waals surface area contributed by atoms with E-state index in [1.54, 1.807) is 36.4 Å². The molecule has 9 heteroatoms. The summed E-state index contributed by atoms with van der Waals surface area (Å²) in [6.07, 6.45) is 1.49. The smallest absolute Gasteiger partial charge is 0.278 e. The van der Waals surface area contributed by atoms with Gasteiger partial charge in [-0.05, 0) is 79.7 Å². The standard InChI is InChI=1S/C29H22FN3O4S/c1-18-4-10-21(11-5-18)31-25-26(29(36)33(28(25)35)17-23-3-2-16-37-23)38-24-14-12-22(13-15-24)32-27(34)19-6-8-20(30)9-7-19/h2-16,31H,17H2,1H3,(H,32,34). The van der Waals surface area contributed by atoms with Crippen LogP contribution in [0.3, 0.4) is 0 Å². The Morgan fingerprint density at radius 1 is 0.895 bits per heavy atom. The van der Waals surface area contributed by atoms with Gasteiger partial charge in [0.1, 0.15) is 22.2 Å². The normalized spacial score (nSPS) is 13.3. The number of nitrogens with zero attached hydrogens (tertiary/aromatic N) is 1. The average Bonchev–Trinajstić information content (AvgIpc) is 3.51. The van der Waals surface area contributed by atoms with Crippen LogP contribution in [0.15, 0.2) is 111 Å². The summed E-state index contributed by atoms with van der Waals surface area (Å²) in [5.41, 5.74) is 2.80. The molecule has 0 bridgehead atoms. The van der Waals surface area contributed by atoms with E-state index in [0.717, 1.165) is 22.2 Å². The van der Waals surface area contributed by atoms with Crippen molar-refractivity contribution in [2.45, 2.75) is 18.4 Å². The lowest BCUT2D eigenvalue weighted by Gasteiger charge is -2.13. The van der Waals surface area contributed by atoms with E-state index < -0.39 is 17.6 Å². The van der Waals surface area contributed by atoms with Crippen LogP contribution in [0.25, 0.3) is 0 Å². The number of hydrogen-bond acceptors (Lipinski definition) is 6. The maximum absolute atomic E-state index is 13.4. The second-order valence-electron chi connectivity index (χ2n) is 8.56. The van der Waals surface area contributed by atoms with E-state index in [4.69, 9.17) is 4.42 Å². The van der Waals surface area contributed by atoms with Crippen molar-refractivity contribution in [1.82, 2.24) is 4.90 Å². The number of nitrogens with one attached hydrogen (secondary N) is 2. The van der Waals surface area contributed by atoms with Crippen molar-refractivity contribution in [1.29, 1.82) is 0 Å². The summed E-state index contributed by atoms with van der Waals surface area (Å²) >= 11 is 1.16. The van der Waals surface area contributed by atoms with E-state index in [9.17, 15) is 18.8 Å². The second-order valence-corrected chi connectivity index (χ2v) is 9.64. The number of halogens is 1. The van der Waals surface area contributed by atoms with Gasteiger partial charge in [0.15, 0.2) is 0 Å². The predicted octanol–water partition coefficient (Wildman–Crippen LogP) is 5.96. The van der Waals surface area contributed by atoms with E-state index in [0.29, 0.717) is 27.6 Å². The van der Waals surface area contributed by atoms with Crippen molar-refractivity contribution >= 4 is 40.9 Å². The molecule has 0 radical (unpaired) electrons. The van der Waals surface area contributed by atoms with Crippen LogP contribution in [0.4, 0.5) is 15.8 Å². The fourth-order valence-corrected chi connectivity index (χ4v) is 4.72. The number of carbonyl (C=O) groups excluding carboxylic acids is 3. The summed E-state index contributed by atoms with van der Waals surface area (Å²) in [6.45, 7) is 1.98. The number of furan rings is 1. The Kier molecular flexibility index (Phi) is 7.10. The fourth-order valence-electron chi connectivity index (χ4n) is 3.77. The molecule has 190 valence electrons. The van der Waals surface area contributed by atoms with Gasteiger partial charge in [0.25, 0.3) is 17.7 Å². The first kappa shape index (κ1) is 25.0. The molecule has 2 N–H and O–H groups in total. The first-order valence-electron chi connectivity index (χ1n) is 11.7. The summed E-state index contributed by atoms with van der Waals surface area (Å²) in [5.74, 6) is -1.18. The molecule has 0 atom stereocenters. The predicted molar refractivity (Wildman–Crippen MR) is 143 cm³/mol. The zero-order valence-corrected chi connectivity index (χ0v) is 21.1. The number of hydrogen-bond donors (Lipinski definition) is 2. The van der Waals surface area contributed by atoms with Gasteiger partial charge in [-0.2, -0.15) is 0 Å². The van der Waals surface area contributed by atoms with Gasteiger partial charge in [0, 0.05) is 21.8 Å². The topological polar surface area (TPSA) is 91.7 Å². The van der Waals surface area contributed by atoms with Gasteiger partial charge in [-0.3, -0.25) is 19.3 Å². The SMILES string of the molecule is Cc1ccc(NC2=C(Sc3ccc(NC(=O)c4ccc(F)cc4)cc3)C(=O)N(Cc3ccco3)C2=O)cc1. The van der Waals surface area contributed by atoms with Gasteiger partial charge in [-0.1, -0.05) is 29.5 Å². The molecular formula is C29H22FN3O4S. The molecular weight excluding hydrogens is 505 g/mol. The maximum atomic E-state index is 13.4. The van der Waals surface area contributed by atoms with Gasteiger partial charge in [0.2, 0.25) is 0 Å². The molecule has 0 saturated carbocycles. The zero-order valence-electron chi connectivity index (χ0n) is 20.2. The molecule has 1 aliphatic rings. The highest BCUT2D eigenvalue weighted by Crippen LogP contribution is 2.37. The molecule has 1 aliphatic heterocycles. The Morgan fingerprint density at radius 2 is 1.58 bits per heavy atom. The van der Waals surface area contributed by atoms with Crippen LogP contribution in [0.2, 0.25) is 0 Å². The molecule has 0 saturated heterocycles. The minimum Gasteiger partial charge on any atom is -0.467 e. The molecule has 2 heterocycles. The second kappa shape index (κ2) is 10.8. The largest absolute Gasteiger partial charge is 0.467 e. The summed E-state index contributed by atoms with van der Waals surface area (Å²) in [4.78, 5) is 41.2. The Labute approximate surface area is 222 Å². The quantitative estimate of drug-likeness (QED) is 0.275. The van der Waals surface area contributed by atoms with Crippen molar-refractivity contribution in [2.75, 3.05) is 10.6 Å². The average molecular weight is 528 g/mol. The minimum atomic E-state index is -0.447. The third-order valence-corrected chi connectivity index (χ3v) is 6.87. The van der Waals surface area contributed by atoms with Gasteiger partial charge < -0.3 is 15.1 Å². The van der Waals surface area contributed by atoms with E-state index in [2.05, 4.69) is 10.6 Å². The third kappa shape index (κ3) is 5.52. The van der Waals surface area contributed by atoms with Crippen molar-refractivity contribution < 1.29 is 23.2 Å². The third-order valence-electron chi connectivity index (χ3n) is 5.78. The van der Waals surface area contributed by atoms with Crippen molar-refractivity contribution in [3.8, 4) is 0 Å². The number of thioether (sulfide) groups is 1. The highest BCUT2D eigenvalue weighted by Gasteiger charge is 2.39. The summed E-state index contributed by atoms with van der Waals surface area (Å²) in [6, 6.07) is 23.0. The number of imide groups is 1. The van der Waals surface area contributed by atoms with E-state index in [1.807, 2.05) is 31.2 Å². The van der Waals surface area contributed by atoms with Gasteiger partial charge in [0.05, 0.1) is 12.8 Å². The molecule has 4 aromatic rings. The molecule has 0 aliphatic carbocycles. The van der Waals surface area contributed by atoms with Crippen LogP contribution in [0.1, 0.15) is 21.7 Å². The Morgan fingerprint density at radius 3 is 2.24 bits per heavy atom. The van der Waals surface area contributed by atoms with Crippen LogP contribution in [0, 0.1) is 12.7 Å². The molecule has 3 amide bonds. The van der Waals surface area contributed by atoms with E-state index >= 15 is 0 Å². The number of amides is 3. The lowest BCUT2D eigenvalue weighted by molar-refractivity contribution is -0.138. The summed E-state index contributed by atoms with van der Waals surface area (Å²) in [7, 11) is 0.